The van der Waals surface area contributed by atoms with Gasteiger partial charge in [-0.3, -0.25) is 14.8 Å². The number of aromatic amines is 1. The van der Waals surface area contributed by atoms with Crippen LogP contribution >= 0.6 is 0 Å². The van der Waals surface area contributed by atoms with Gasteiger partial charge in [-0.2, -0.15) is 5.10 Å². The first-order chi connectivity index (χ1) is 12.1. The molecule has 0 saturated carbocycles. The molecule has 1 saturated heterocycles. The van der Waals surface area contributed by atoms with E-state index in [-0.39, 0.29) is 5.91 Å². The summed E-state index contributed by atoms with van der Waals surface area (Å²) in [7, 11) is 1.87. The molecule has 0 radical (unpaired) electrons. The predicted molar refractivity (Wildman–Crippen MR) is 98.4 cm³/mol. The van der Waals surface area contributed by atoms with Crippen molar-refractivity contribution in [1.82, 2.24) is 15.1 Å². The third-order valence-corrected chi connectivity index (χ3v) is 5.51. The summed E-state index contributed by atoms with van der Waals surface area (Å²) in [6.07, 6.45) is 5.48. The van der Waals surface area contributed by atoms with E-state index in [4.69, 9.17) is 5.73 Å². The first-order valence-electron chi connectivity index (χ1n) is 9.01. The first kappa shape index (κ1) is 16.1. The number of nitrogen functional groups attached to an aromatic ring is 1. The van der Waals surface area contributed by atoms with Crippen molar-refractivity contribution < 1.29 is 4.79 Å². The number of piperidine rings is 1. The molecule has 25 heavy (non-hydrogen) atoms. The predicted octanol–water partition coefficient (Wildman–Crippen LogP) is 2.28. The lowest BCUT2D eigenvalue weighted by atomic mass is 9.93. The van der Waals surface area contributed by atoms with E-state index in [1.807, 2.05) is 7.05 Å². The lowest BCUT2D eigenvalue weighted by Gasteiger charge is -2.33. The van der Waals surface area contributed by atoms with Crippen molar-refractivity contribution in [2.24, 2.45) is 0 Å². The van der Waals surface area contributed by atoms with Crippen LogP contribution in [0.3, 0.4) is 0 Å². The molecule has 0 bridgehead atoms. The van der Waals surface area contributed by atoms with E-state index < -0.39 is 0 Å². The zero-order valence-corrected chi connectivity index (χ0v) is 14.7. The van der Waals surface area contributed by atoms with E-state index in [0.29, 0.717) is 12.3 Å². The zero-order valence-electron chi connectivity index (χ0n) is 14.7. The number of carbonyl (C=O) groups is 1. The van der Waals surface area contributed by atoms with Gasteiger partial charge >= 0.3 is 0 Å². The van der Waals surface area contributed by atoms with Crippen LogP contribution in [0.1, 0.15) is 42.0 Å². The van der Waals surface area contributed by atoms with Gasteiger partial charge in [0.2, 0.25) is 5.91 Å². The second-order valence-corrected chi connectivity index (χ2v) is 7.23. The molecule has 2 aromatic rings. The maximum Gasteiger partial charge on any atom is 0.227 e. The number of aryl methyl sites for hydroxylation is 1. The summed E-state index contributed by atoms with van der Waals surface area (Å²) < 4.78 is 0. The third-order valence-electron chi connectivity index (χ3n) is 5.51. The number of anilines is 2. The van der Waals surface area contributed by atoms with E-state index in [1.54, 1.807) is 11.1 Å². The number of amides is 1. The molecule has 6 nitrogen and oxygen atoms in total. The van der Waals surface area contributed by atoms with Crippen molar-refractivity contribution >= 4 is 17.3 Å². The number of H-pyrrole nitrogens is 1. The molecule has 0 spiro atoms. The number of carbonyl (C=O) groups excluding carboxylic acids is 1. The Hall–Kier alpha value is -2.34. The number of nitrogens with one attached hydrogen (secondary N) is 1. The van der Waals surface area contributed by atoms with Gasteiger partial charge in [0, 0.05) is 38.2 Å². The molecule has 1 fully saturated rings. The molecule has 2 aliphatic rings. The van der Waals surface area contributed by atoms with Gasteiger partial charge in [-0.05, 0) is 43.0 Å². The van der Waals surface area contributed by atoms with Gasteiger partial charge in [0.1, 0.15) is 0 Å². The zero-order chi connectivity index (χ0) is 17.4. The van der Waals surface area contributed by atoms with Gasteiger partial charge in [0.15, 0.2) is 0 Å². The molecule has 1 aromatic carbocycles. The van der Waals surface area contributed by atoms with Gasteiger partial charge in [-0.1, -0.05) is 12.1 Å². The van der Waals surface area contributed by atoms with Crippen molar-refractivity contribution in [2.75, 3.05) is 30.8 Å². The van der Waals surface area contributed by atoms with Crippen molar-refractivity contribution in [3.05, 3.63) is 41.2 Å². The Bertz CT molecular complexity index is 784. The Morgan fingerprint density at radius 2 is 2.24 bits per heavy atom. The number of rotatable bonds is 3. The van der Waals surface area contributed by atoms with E-state index in [0.717, 1.165) is 49.5 Å². The molecule has 4 rings (SSSR count). The van der Waals surface area contributed by atoms with Crippen LogP contribution in [-0.4, -0.2) is 41.1 Å². The minimum atomic E-state index is 0.205. The largest absolute Gasteiger partial charge is 0.396 e. The van der Waals surface area contributed by atoms with Crippen molar-refractivity contribution in [3.8, 4) is 0 Å². The summed E-state index contributed by atoms with van der Waals surface area (Å²) >= 11 is 0. The van der Waals surface area contributed by atoms with Crippen LogP contribution < -0.4 is 10.6 Å². The van der Waals surface area contributed by atoms with Gasteiger partial charge in [-0.15, -0.1) is 0 Å². The number of hydrogen-bond donors (Lipinski definition) is 2. The SMILES string of the molecule is CN1C(=O)CCc2cc(CN3CCCC(c4[nH]ncc4N)C3)ccc21. The maximum atomic E-state index is 11.8. The lowest BCUT2D eigenvalue weighted by Crippen LogP contribution is -2.34. The summed E-state index contributed by atoms with van der Waals surface area (Å²) in [6.45, 7) is 3.05. The van der Waals surface area contributed by atoms with Crippen LogP contribution in [0.25, 0.3) is 0 Å². The molecule has 1 unspecified atom stereocenters. The van der Waals surface area contributed by atoms with Gasteiger partial charge in [0.05, 0.1) is 17.6 Å². The van der Waals surface area contributed by atoms with Crippen molar-refractivity contribution in [3.63, 3.8) is 0 Å². The number of likely N-dealkylation sites (tertiary alicyclic amines) is 1. The maximum absolute atomic E-state index is 11.8. The smallest absolute Gasteiger partial charge is 0.227 e. The quantitative estimate of drug-likeness (QED) is 0.899. The fraction of sp³-hybridized carbons (Fsp3) is 0.474. The minimum Gasteiger partial charge on any atom is -0.396 e. The summed E-state index contributed by atoms with van der Waals surface area (Å²) in [5.41, 5.74) is 11.5. The Morgan fingerprint density at radius 3 is 3.04 bits per heavy atom. The van der Waals surface area contributed by atoms with Crippen LogP contribution in [0.2, 0.25) is 0 Å². The molecule has 3 N–H and O–H groups in total. The minimum absolute atomic E-state index is 0.205. The highest BCUT2D eigenvalue weighted by Crippen LogP contribution is 2.31. The molecule has 6 heteroatoms. The Labute approximate surface area is 148 Å². The van der Waals surface area contributed by atoms with E-state index in [1.165, 1.54) is 17.5 Å². The average Bonchev–Trinajstić information content (AvgIpc) is 3.05. The average molecular weight is 339 g/mol. The second kappa shape index (κ2) is 6.52. The normalized spacial score (nSPS) is 21.4. The molecule has 2 aliphatic heterocycles. The second-order valence-electron chi connectivity index (χ2n) is 7.23. The highest BCUT2D eigenvalue weighted by atomic mass is 16.2. The van der Waals surface area contributed by atoms with E-state index >= 15 is 0 Å². The van der Waals surface area contributed by atoms with Crippen LogP contribution in [0.15, 0.2) is 24.4 Å². The number of nitrogens with zero attached hydrogens (tertiary/aromatic N) is 3. The molecule has 132 valence electrons. The lowest BCUT2D eigenvalue weighted by molar-refractivity contribution is -0.118. The van der Waals surface area contributed by atoms with Gasteiger partial charge in [-0.25, -0.2) is 0 Å². The summed E-state index contributed by atoms with van der Waals surface area (Å²) in [6, 6.07) is 6.52. The number of nitrogens with two attached hydrogens (primary N) is 1. The molecule has 1 atom stereocenters. The number of aromatic nitrogens is 2. The molecular formula is C19H25N5O. The van der Waals surface area contributed by atoms with Crippen LogP contribution in [0.4, 0.5) is 11.4 Å². The summed E-state index contributed by atoms with van der Waals surface area (Å²) in [5, 5.41) is 7.14. The van der Waals surface area contributed by atoms with E-state index in [2.05, 4.69) is 33.3 Å². The highest BCUT2D eigenvalue weighted by molar-refractivity contribution is 5.95. The highest BCUT2D eigenvalue weighted by Gasteiger charge is 2.25. The Kier molecular flexibility index (Phi) is 4.21. The number of hydrogen-bond acceptors (Lipinski definition) is 4. The number of fused-ring (bicyclic) bond motifs is 1. The molecule has 1 amide bonds. The van der Waals surface area contributed by atoms with Gasteiger partial charge < -0.3 is 10.6 Å². The molecule has 1 aromatic heterocycles. The topological polar surface area (TPSA) is 78.2 Å². The summed E-state index contributed by atoms with van der Waals surface area (Å²) in [5.74, 6) is 0.633. The standard InChI is InChI=1S/C19H25N5O/c1-23-17-6-4-13(9-14(17)5-7-18(23)25)11-24-8-2-3-15(12-24)19-16(20)10-21-22-19/h4,6,9-10,15H,2-3,5,7-8,11-12,20H2,1H3,(H,21,22). The molecule has 3 heterocycles. The van der Waals surface area contributed by atoms with Gasteiger partial charge in [0.25, 0.3) is 0 Å². The first-order valence-corrected chi connectivity index (χ1v) is 9.01. The van der Waals surface area contributed by atoms with Crippen LogP contribution in [-0.2, 0) is 17.8 Å². The summed E-state index contributed by atoms with van der Waals surface area (Å²) in [4.78, 5) is 16.1. The van der Waals surface area contributed by atoms with E-state index in [9.17, 15) is 4.79 Å². The Morgan fingerprint density at radius 1 is 1.36 bits per heavy atom. The monoisotopic (exact) mass is 339 g/mol. The molecular weight excluding hydrogens is 314 g/mol. The third kappa shape index (κ3) is 3.14. The fourth-order valence-electron chi connectivity index (χ4n) is 4.13. The fourth-order valence-corrected chi connectivity index (χ4v) is 4.13. The van der Waals surface area contributed by atoms with Crippen molar-refractivity contribution in [2.45, 2.75) is 38.1 Å². The van der Waals surface area contributed by atoms with Crippen LogP contribution in [0.5, 0.6) is 0 Å². The number of benzene rings is 1. The molecule has 0 aliphatic carbocycles. The van der Waals surface area contributed by atoms with Crippen molar-refractivity contribution in [1.29, 1.82) is 0 Å². The Balaban J connectivity index is 1.47. The van der Waals surface area contributed by atoms with Crippen LogP contribution in [0, 0.1) is 0 Å².